The third-order valence-electron chi connectivity index (χ3n) is 4.42. The van der Waals surface area contributed by atoms with Crippen molar-refractivity contribution in [1.82, 2.24) is 0 Å². The number of carbonyl (C=O) groups excluding carboxylic acids is 2. The Hall–Kier alpha value is -1.86. The van der Waals surface area contributed by atoms with Gasteiger partial charge in [-0.15, -0.1) is 0 Å². The number of amides is 1. The minimum Gasteiger partial charge on any atom is -0.494 e. The highest BCUT2D eigenvalue weighted by Gasteiger charge is 2.50. The zero-order valence-electron chi connectivity index (χ0n) is 17.8. The number of nitrogens with zero attached hydrogens (tertiary/aromatic N) is 1. The van der Waals surface area contributed by atoms with Gasteiger partial charge in [-0.25, -0.2) is 0 Å². The van der Waals surface area contributed by atoms with E-state index in [0.717, 1.165) is 11.8 Å². The quantitative estimate of drug-likeness (QED) is 0.352. The molecular formula is C21H32NO5Si. The van der Waals surface area contributed by atoms with Crippen LogP contribution in [0.5, 0.6) is 5.75 Å². The lowest BCUT2D eigenvalue weighted by atomic mass is 9.91. The van der Waals surface area contributed by atoms with Crippen LogP contribution in [0.4, 0.5) is 5.69 Å². The van der Waals surface area contributed by atoms with Gasteiger partial charge in [0.2, 0.25) is 14.9 Å². The molecule has 1 aromatic rings. The first kappa shape index (κ1) is 22.4. The van der Waals surface area contributed by atoms with Crippen LogP contribution in [0.1, 0.15) is 41.0 Å². The van der Waals surface area contributed by atoms with Crippen molar-refractivity contribution < 1.29 is 23.5 Å². The van der Waals surface area contributed by atoms with Gasteiger partial charge in [-0.1, -0.05) is 20.8 Å². The second kappa shape index (κ2) is 9.56. The first-order valence-electron chi connectivity index (χ1n) is 9.80. The Morgan fingerprint density at radius 1 is 1.21 bits per heavy atom. The van der Waals surface area contributed by atoms with Gasteiger partial charge in [-0.2, -0.15) is 0 Å². The minimum atomic E-state index is -0.906. The molecule has 6 nitrogen and oxygen atoms in total. The topological polar surface area (TPSA) is 65.1 Å². The van der Waals surface area contributed by atoms with Crippen LogP contribution in [0.2, 0.25) is 12.6 Å². The van der Waals surface area contributed by atoms with Crippen molar-refractivity contribution in [2.24, 2.45) is 11.3 Å². The van der Waals surface area contributed by atoms with E-state index < -0.39 is 21.2 Å². The lowest BCUT2D eigenvalue weighted by molar-refractivity contribution is -0.161. The fourth-order valence-corrected chi connectivity index (χ4v) is 5.46. The Balaban J connectivity index is 1.98. The predicted octanol–water partition coefficient (Wildman–Crippen LogP) is 4.01. The molecule has 1 radical (unpaired) electrons. The molecule has 0 saturated carbocycles. The van der Waals surface area contributed by atoms with E-state index in [2.05, 4.69) is 27.3 Å². The molecule has 155 valence electrons. The predicted molar refractivity (Wildman–Crippen MR) is 111 cm³/mol. The van der Waals surface area contributed by atoms with Crippen molar-refractivity contribution >= 4 is 26.6 Å². The van der Waals surface area contributed by atoms with Gasteiger partial charge < -0.3 is 13.9 Å². The molecule has 1 aliphatic rings. The molecule has 1 amide bonds. The summed E-state index contributed by atoms with van der Waals surface area (Å²) in [4.78, 5) is 25.8. The van der Waals surface area contributed by atoms with Gasteiger partial charge in [0.25, 0.3) is 0 Å². The van der Waals surface area contributed by atoms with Gasteiger partial charge in [0.05, 0.1) is 12.5 Å². The molecule has 1 aromatic carbocycles. The highest BCUT2D eigenvalue weighted by atomic mass is 28.3. The minimum absolute atomic E-state index is 0.0419. The van der Waals surface area contributed by atoms with E-state index in [0.29, 0.717) is 25.3 Å². The van der Waals surface area contributed by atoms with Gasteiger partial charge in [0, 0.05) is 19.2 Å². The molecule has 7 heteroatoms. The van der Waals surface area contributed by atoms with Crippen LogP contribution >= 0.6 is 0 Å². The number of carbonyl (C=O) groups is 2. The molecule has 0 aromatic heterocycles. The fourth-order valence-electron chi connectivity index (χ4n) is 3.40. The number of rotatable bonds is 9. The molecule has 28 heavy (non-hydrogen) atoms. The molecule has 1 aliphatic heterocycles. The smallest absolute Gasteiger partial charge is 0.304 e. The normalized spacial score (nSPS) is 19.5. The summed E-state index contributed by atoms with van der Waals surface area (Å²) in [7, 11) is -0.906. The second-order valence-electron chi connectivity index (χ2n) is 8.32. The first-order chi connectivity index (χ1) is 13.1. The van der Waals surface area contributed by atoms with Gasteiger partial charge in [0.1, 0.15) is 5.75 Å². The number of ether oxygens (including phenoxy) is 2. The van der Waals surface area contributed by atoms with E-state index in [1.54, 1.807) is 0 Å². The zero-order valence-corrected chi connectivity index (χ0v) is 18.8. The Kier molecular flexibility index (Phi) is 7.66. The summed E-state index contributed by atoms with van der Waals surface area (Å²) in [6.07, 6.45) is -0.0297. The number of hydrogen-bond donors (Lipinski definition) is 0. The highest BCUT2D eigenvalue weighted by Crippen LogP contribution is 2.36. The van der Waals surface area contributed by atoms with Crippen molar-refractivity contribution in [3.05, 3.63) is 24.3 Å². The maximum absolute atomic E-state index is 12.7. The van der Waals surface area contributed by atoms with Crippen molar-refractivity contribution in [2.45, 2.75) is 59.9 Å². The van der Waals surface area contributed by atoms with Crippen molar-refractivity contribution in [2.75, 3.05) is 18.1 Å². The molecule has 0 aliphatic carbocycles. The third kappa shape index (κ3) is 6.07. The molecule has 0 bridgehead atoms. The average Bonchev–Trinajstić information content (AvgIpc) is 2.58. The monoisotopic (exact) mass is 406 g/mol. The van der Waals surface area contributed by atoms with Gasteiger partial charge in [-0.3, -0.25) is 14.5 Å². The molecule has 0 spiro atoms. The highest BCUT2D eigenvalue weighted by molar-refractivity contribution is 6.50. The lowest BCUT2D eigenvalue weighted by Gasteiger charge is -2.45. The van der Waals surface area contributed by atoms with Gasteiger partial charge in [0.15, 0.2) is 6.23 Å². The van der Waals surface area contributed by atoms with Crippen LogP contribution in [0.3, 0.4) is 0 Å². The van der Waals surface area contributed by atoms with E-state index in [1.807, 2.05) is 31.2 Å². The Morgan fingerprint density at radius 2 is 1.86 bits per heavy atom. The summed E-state index contributed by atoms with van der Waals surface area (Å²) in [5, 5.41) is 0. The third-order valence-corrected chi connectivity index (χ3v) is 6.68. The van der Waals surface area contributed by atoms with Crippen molar-refractivity contribution in [1.29, 1.82) is 0 Å². The van der Waals surface area contributed by atoms with E-state index in [4.69, 9.17) is 13.9 Å². The molecular weight excluding hydrogens is 374 g/mol. The molecule has 1 heterocycles. The first-order valence-corrected chi connectivity index (χ1v) is 11.9. The standard InChI is InChI=1S/C21H32NO5Si/c1-7-25-17-10-8-16(9-11-17)22-19(24)18(20(22)27-15(2)23)12-13-26-28(6)14-21(3,4)5/h8-11,18,20H,7,12-14H2,1-6H3/t18-,20+/m0/s1. The van der Waals surface area contributed by atoms with Crippen LogP contribution in [-0.2, 0) is 18.8 Å². The SMILES string of the molecule is CCOc1ccc(N2C(=O)[C@H](CCO[Si](C)CC(C)(C)C)[C@H]2OC(C)=O)cc1. The number of anilines is 1. The van der Waals surface area contributed by atoms with Gasteiger partial charge in [-0.05, 0) is 55.6 Å². The van der Waals surface area contributed by atoms with Crippen LogP contribution in [0, 0.1) is 11.3 Å². The maximum Gasteiger partial charge on any atom is 0.304 e. The second-order valence-corrected chi connectivity index (χ2v) is 10.4. The summed E-state index contributed by atoms with van der Waals surface area (Å²) in [6, 6.07) is 8.28. The van der Waals surface area contributed by atoms with Crippen molar-refractivity contribution in [3.8, 4) is 5.75 Å². The molecule has 1 saturated heterocycles. The summed E-state index contributed by atoms with van der Waals surface area (Å²) in [5.41, 5.74) is 0.935. The summed E-state index contributed by atoms with van der Waals surface area (Å²) < 4.78 is 16.9. The Bertz CT molecular complexity index is 670. The molecule has 0 unspecified atom stereocenters. The van der Waals surface area contributed by atoms with E-state index in [-0.39, 0.29) is 17.2 Å². The van der Waals surface area contributed by atoms with Crippen LogP contribution < -0.4 is 9.64 Å². The summed E-state index contributed by atoms with van der Waals surface area (Å²) in [6.45, 7) is 13.1. The number of benzene rings is 1. The van der Waals surface area contributed by atoms with Crippen molar-refractivity contribution in [3.63, 3.8) is 0 Å². The largest absolute Gasteiger partial charge is 0.494 e. The zero-order chi connectivity index (χ0) is 20.9. The lowest BCUT2D eigenvalue weighted by Crippen LogP contribution is -2.63. The molecule has 1 fully saturated rings. The van der Waals surface area contributed by atoms with Crippen LogP contribution in [0.25, 0.3) is 0 Å². The number of hydrogen-bond acceptors (Lipinski definition) is 5. The summed E-state index contributed by atoms with van der Waals surface area (Å²) in [5.74, 6) is -0.0587. The van der Waals surface area contributed by atoms with E-state index in [9.17, 15) is 9.59 Å². The molecule has 2 atom stereocenters. The van der Waals surface area contributed by atoms with E-state index in [1.165, 1.54) is 11.8 Å². The molecule has 0 N–H and O–H groups in total. The molecule has 2 rings (SSSR count). The number of β-lactam (4-membered cyclic amide) rings is 1. The summed E-state index contributed by atoms with van der Waals surface area (Å²) >= 11 is 0. The fraction of sp³-hybridized carbons (Fsp3) is 0.619. The Labute approximate surface area is 169 Å². The average molecular weight is 407 g/mol. The van der Waals surface area contributed by atoms with Crippen LogP contribution in [0.15, 0.2) is 24.3 Å². The van der Waals surface area contributed by atoms with Crippen LogP contribution in [-0.4, -0.2) is 40.4 Å². The number of esters is 1. The van der Waals surface area contributed by atoms with E-state index >= 15 is 0 Å². The maximum atomic E-state index is 12.7. The van der Waals surface area contributed by atoms with Gasteiger partial charge >= 0.3 is 5.97 Å². The Morgan fingerprint density at radius 3 is 2.39 bits per heavy atom.